The predicted octanol–water partition coefficient (Wildman–Crippen LogP) is 2.58. The van der Waals surface area contributed by atoms with Crippen LogP contribution in [0.3, 0.4) is 0 Å². The second kappa shape index (κ2) is 6.45. The Bertz CT molecular complexity index is 311. The number of hydrogen-bond donors (Lipinski definition) is 1. The van der Waals surface area contributed by atoms with E-state index in [1.54, 1.807) is 23.9 Å². The van der Waals surface area contributed by atoms with Gasteiger partial charge in [0.25, 0.3) is 0 Å². The number of thioether (sulfide) groups is 1. The molecule has 0 aliphatic carbocycles. The van der Waals surface area contributed by atoms with Gasteiger partial charge < -0.3 is 5.11 Å². The minimum Gasteiger partial charge on any atom is -0.481 e. The first kappa shape index (κ1) is 12.0. The van der Waals surface area contributed by atoms with Gasteiger partial charge in [-0.1, -0.05) is 12.1 Å². The highest BCUT2D eigenvalue weighted by Gasteiger charge is 1.98. The lowest BCUT2D eigenvalue weighted by Gasteiger charge is -2.00. The summed E-state index contributed by atoms with van der Waals surface area (Å²) in [5.74, 6) is 0.525. The van der Waals surface area contributed by atoms with Gasteiger partial charge >= 0.3 is 5.97 Å². The van der Waals surface area contributed by atoms with Crippen molar-refractivity contribution in [3.05, 3.63) is 35.6 Å². The Kier molecular flexibility index (Phi) is 5.18. The molecule has 1 aromatic carbocycles. The van der Waals surface area contributed by atoms with Crippen molar-refractivity contribution < 1.29 is 14.3 Å². The molecule has 1 rings (SSSR count). The monoisotopic (exact) mass is 228 g/mol. The van der Waals surface area contributed by atoms with Gasteiger partial charge in [-0.05, 0) is 29.9 Å². The molecule has 1 N–H and O–H groups in total. The molecule has 2 nitrogen and oxygen atoms in total. The highest BCUT2D eigenvalue weighted by atomic mass is 32.2. The van der Waals surface area contributed by atoms with Gasteiger partial charge in [0.2, 0.25) is 0 Å². The molecule has 15 heavy (non-hydrogen) atoms. The second-order valence-corrected chi connectivity index (χ2v) is 4.36. The summed E-state index contributed by atoms with van der Waals surface area (Å²) in [5.41, 5.74) is 1.08. The molecule has 0 spiro atoms. The first-order valence-electron chi connectivity index (χ1n) is 4.72. The molecule has 0 heterocycles. The normalized spacial score (nSPS) is 10.2. The molecule has 0 aromatic heterocycles. The van der Waals surface area contributed by atoms with Crippen LogP contribution in [0.25, 0.3) is 0 Å². The van der Waals surface area contributed by atoms with Crippen LogP contribution < -0.4 is 0 Å². The lowest BCUT2D eigenvalue weighted by molar-refractivity contribution is -0.136. The molecule has 0 fully saturated rings. The van der Waals surface area contributed by atoms with Crippen molar-refractivity contribution in [2.24, 2.45) is 0 Å². The molecule has 0 aliphatic heterocycles. The topological polar surface area (TPSA) is 37.3 Å². The van der Waals surface area contributed by atoms with Gasteiger partial charge in [-0.25, -0.2) is 4.39 Å². The van der Waals surface area contributed by atoms with E-state index in [9.17, 15) is 9.18 Å². The zero-order valence-electron chi connectivity index (χ0n) is 8.28. The number of carboxylic acids is 1. The highest BCUT2D eigenvalue weighted by molar-refractivity contribution is 7.99. The van der Waals surface area contributed by atoms with Crippen LogP contribution >= 0.6 is 11.8 Å². The third kappa shape index (κ3) is 5.42. The molecule has 1 aromatic rings. The van der Waals surface area contributed by atoms with E-state index in [1.807, 2.05) is 0 Å². The zero-order valence-corrected chi connectivity index (χ0v) is 9.10. The fourth-order valence-electron chi connectivity index (χ4n) is 1.10. The SMILES string of the molecule is O=C(O)CCSCCc1ccc(F)cc1. The van der Waals surface area contributed by atoms with Crippen LogP contribution in [0, 0.1) is 5.82 Å². The zero-order chi connectivity index (χ0) is 11.1. The first-order valence-corrected chi connectivity index (χ1v) is 5.88. The molecule has 0 unspecified atom stereocenters. The Morgan fingerprint density at radius 3 is 2.53 bits per heavy atom. The molecule has 0 saturated heterocycles. The van der Waals surface area contributed by atoms with Crippen LogP contribution in [0.5, 0.6) is 0 Å². The molecule has 0 bridgehead atoms. The van der Waals surface area contributed by atoms with Crippen molar-refractivity contribution in [3.63, 3.8) is 0 Å². The molecule has 4 heteroatoms. The lowest BCUT2D eigenvalue weighted by atomic mass is 10.2. The van der Waals surface area contributed by atoms with E-state index in [4.69, 9.17) is 5.11 Å². The summed E-state index contributed by atoms with van der Waals surface area (Å²) in [6, 6.07) is 6.40. The fourth-order valence-corrected chi connectivity index (χ4v) is 2.01. The van der Waals surface area contributed by atoms with E-state index in [1.165, 1.54) is 12.1 Å². The number of benzene rings is 1. The van der Waals surface area contributed by atoms with Crippen LogP contribution in [-0.4, -0.2) is 22.6 Å². The number of rotatable bonds is 6. The van der Waals surface area contributed by atoms with Gasteiger partial charge in [0.05, 0.1) is 6.42 Å². The molecule has 0 aliphatic rings. The van der Waals surface area contributed by atoms with Crippen LogP contribution in [0.1, 0.15) is 12.0 Å². The second-order valence-electron chi connectivity index (χ2n) is 3.13. The third-order valence-electron chi connectivity index (χ3n) is 1.91. The number of aryl methyl sites for hydroxylation is 1. The number of carboxylic acid groups (broad SMARTS) is 1. The Hall–Kier alpha value is -1.03. The number of hydrogen-bond acceptors (Lipinski definition) is 2. The van der Waals surface area contributed by atoms with Gasteiger partial charge in [-0.3, -0.25) is 4.79 Å². The summed E-state index contributed by atoms with van der Waals surface area (Å²) >= 11 is 1.61. The summed E-state index contributed by atoms with van der Waals surface area (Å²) in [7, 11) is 0. The van der Waals surface area contributed by atoms with Gasteiger partial charge in [0.15, 0.2) is 0 Å². The average molecular weight is 228 g/mol. The van der Waals surface area contributed by atoms with E-state index in [-0.39, 0.29) is 12.2 Å². The number of aliphatic carboxylic acids is 1. The number of carbonyl (C=O) groups is 1. The summed E-state index contributed by atoms with van der Waals surface area (Å²) in [5, 5.41) is 8.41. The number of halogens is 1. The van der Waals surface area contributed by atoms with Crippen LogP contribution in [0.2, 0.25) is 0 Å². The van der Waals surface area contributed by atoms with Crippen molar-refractivity contribution >= 4 is 17.7 Å². The first-order chi connectivity index (χ1) is 7.18. The Balaban J connectivity index is 2.15. The molecule has 0 atom stereocenters. The maximum atomic E-state index is 12.5. The minimum absolute atomic E-state index is 0.202. The van der Waals surface area contributed by atoms with Crippen molar-refractivity contribution in [1.82, 2.24) is 0 Å². The summed E-state index contributed by atoms with van der Waals surface area (Å²) in [6.07, 6.45) is 1.05. The maximum Gasteiger partial charge on any atom is 0.304 e. The Morgan fingerprint density at radius 2 is 1.93 bits per heavy atom. The van der Waals surface area contributed by atoms with E-state index in [0.29, 0.717) is 5.75 Å². The standard InChI is InChI=1S/C11H13FO2S/c12-10-3-1-9(2-4-10)5-7-15-8-6-11(13)14/h1-4H,5-8H2,(H,13,14). The summed E-state index contributed by atoms with van der Waals surface area (Å²) < 4.78 is 12.5. The maximum absolute atomic E-state index is 12.5. The molecular weight excluding hydrogens is 215 g/mol. The van der Waals surface area contributed by atoms with Crippen molar-refractivity contribution in [2.45, 2.75) is 12.8 Å². The van der Waals surface area contributed by atoms with Gasteiger partial charge in [-0.2, -0.15) is 11.8 Å². The van der Waals surface area contributed by atoms with Crippen molar-refractivity contribution in [2.75, 3.05) is 11.5 Å². The highest BCUT2D eigenvalue weighted by Crippen LogP contribution is 2.09. The van der Waals surface area contributed by atoms with Crippen LogP contribution in [-0.2, 0) is 11.2 Å². The third-order valence-corrected chi connectivity index (χ3v) is 2.89. The molecule has 0 saturated carbocycles. The van der Waals surface area contributed by atoms with E-state index < -0.39 is 5.97 Å². The van der Waals surface area contributed by atoms with Gasteiger partial charge in [0, 0.05) is 5.75 Å². The average Bonchev–Trinajstić information content (AvgIpc) is 2.20. The van der Waals surface area contributed by atoms with E-state index in [2.05, 4.69) is 0 Å². The van der Waals surface area contributed by atoms with Crippen LogP contribution in [0.15, 0.2) is 24.3 Å². The molecule has 0 radical (unpaired) electrons. The molecule has 82 valence electrons. The smallest absolute Gasteiger partial charge is 0.304 e. The lowest BCUT2D eigenvalue weighted by Crippen LogP contribution is -1.97. The summed E-state index contributed by atoms with van der Waals surface area (Å²) in [4.78, 5) is 10.2. The predicted molar refractivity (Wildman–Crippen MR) is 59.7 cm³/mol. The quantitative estimate of drug-likeness (QED) is 0.760. The Morgan fingerprint density at radius 1 is 1.27 bits per heavy atom. The Labute approximate surface area is 92.5 Å². The van der Waals surface area contributed by atoms with Gasteiger partial charge in [0.1, 0.15) is 5.82 Å². The van der Waals surface area contributed by atoms with Crippen molar-refractivity contribution in [3.8, 4) is 0 Å². The molecule has 0 amide bonds. The fraction of sp³-hybridized carbons (Fsp3) is 0.364. The van der Waals surface area contributed by atoms with E-state index >= 15 is 0 Å². The van der Waals surface area contributed by atoms with E-state index in [0.717, 1.165) is 17.7 Å². The largest absolute Gasteiger partial charge is 0.481 e. The minimum atomic E-state index is -0.760. The van der Waals surface area contributed by atoms with Gasteiger partial charge in [-0.15, -0.1) is 0 Å². The van der Waals surface area contributed by atoms with Crippen molar-refractivity contribution in [1.29, 1.82) is 0 Å². The van der Waals surface area contributed by atoms with Crippen LogP contribution in [0.4, 0.5) is 4.39 Å². The molecular formula is C11H13FO2S. The summed E-state index contributed by atoms with van der Waals surface area (Å²) in [6.45, 7) is 0.